The van der Waals surface area contributed by atoms with E-state index >= 15 is 0 Å². The second kappa shape index (κ2) is 11.8. The van der Waals surface area contributed by atoms with Crippen LogP contribution in [0, 0.1) is 6.92 Å². The van der Waals surface area contributed by atoms with Crippen molar-refractivity contribution in [3.05, 3.63) is 64.6 Å². The van der Waals surface area contributed by atoms with Gasteiger partial charge in [0.2, 0.25) is 5.91 Å². The molecule has 36 heavy (non-hydrogen) atoms. The summed E-state index contributed by atoms with van der Waals surface area (Å²) in [7, 11) is 3.55. The van der Waals surface area contributed by atoms with Crippen molar-refractivity contribution in [1.29, 1.82) is 0 Å². The molecule has 4 rings (SSSR count). The molecule has 3 aromatic heterocycles. The zero-order chi connectivity index (χ0) is 25.5. The van der Waals surface area contributed by atoms with E-state index in [9.17, 15) is 9.59 Å². The molecule has 0 aliphatic carbocycles. The van der Waals surface area contributed by atoms with E-state index in [-0.39, 0.29) is 17.9 Å². The zero-order valence-corrected chi connectivity index (χ0v) is 21.6. The number of H-pyrrole nitrogens is 1. The summed E-state index contributed by atoms with van der Waals surface area (Å²) >= 11 is 1.37. The number of unbranched alkanes of at least 4 members (excludes halogenated alkanes) is 2. The first kappa shape index (κ1) is 25.3. The van der Waals surface area contributed by atoms with Crippen molar-refractivity contribution >= 4 is 23.2 Å². The maximum Gasteiger partial charge on any atom is 0.263 e. The van der Waals surface area contributed by atoms with Crippen molar-refractivity contribution in [3.63, 3.8) is 0 Å². The van der Waals surface area contributed by atoms with E-state index in [0.29, 0.717) is 23.5 Å². The number of hydrogen-bond acceptors (Lipinski definition) is 6. The Hall–Kier alpha value is -3.79. The molecule has 3 heterocycles. The predicted octanol–water partition coefficient (Wildman–Crippen LogP) is 4.41. The molecule has 3 N–H and O–H groups in total. The minimum absolute atomic E-state index is 0.0464. The van der Waals surface area contributed by atoms with Crippen LogP contribution in [0.4, 0.5) is 0 Å². The monoisotopic (exact) mass is 505 g/mol. The third-order valence-electron chi connectivity index (χ3n) is 5.96. The van der Waals surface area contributed by atoms with Crippen LogP contribution < -0.4 is 10.6 Å². The van der Waals surface area contributed by atoms with Crippen LogP contribution in [0.2, 0.25) is 0 Å². The summed E-state index contributed by atoms with van der Waals surface area (Å²) < 4.78 is 1.78. The Morgan fingerprint density at radius 1 is 1.06 bits per heavy atom. The minimum Gasteiger partial charge on any atom is -0.359 e. The number of amides is 2. The van der Waals surface area contributed by atoms with Crippen molar-refractivity contribution in [3.8, 4) is 22.5 Å². The lowest BCUT2D eigenvalue weighted by Crippen LogP contribution is -2.28. The summed E-state index contributed by atoms with van der Waals surface area (Å²) in [5.74, 6) is 0.596. The fraction of sp³-hybridized carbons (Fsp3) is 0.346. The second-order valence-electron chi connectivity index (χ2n) is 8.68. The van der Waals surface area contributed by atoms with Gasteiger partial charge in [-0.1, -0.05) is 37.1 Å². The van der Waals surface area contributed by atoms with Crippen LogP contribution in [0.3, 0.4) is 0 Å². The molecular formula is C26H31N7O2S. The van der Waals surface area contributed by atoms with Gasteiger partial charge in [-0.25, -0.2) is 9.97 Å². The van der Waals surface area contributed by atoms with Gasteiger partial charge in [0.05, 0.1) is 34.8 Å². The third-order valence-corrected chi connectivity index (χ3v) is 6.87. The Kier molecular flexibility index (Phi) is 8.27. The van der Waals surface area contributed by atoms with Crippen LogP contribution in [0.25, 0.3) is 22.5 Å². The molecule has 1 atom stereocenters. The smallest absolute Gasteiger partial charge is 0.263 e. The number of nitrogens with zero attached hydrogens (tertiary/aromatic N) is 4. The highest BCUT2D eigenvalue weighted by Gasteiger charge is 2.20. The number of imidazole rings is 1. The maximum atomic E-state index is 12.9. The van der Waals surface area contributed by atoms with Crippen LogP contribution in [0.5, 0.6) is 0 Å². The van der Waals surface area contributed by atoms with E-state index in [1.807, 2.05) is 50.5 Å². The molecule has 188 valence electrons. The van der Waals surface area contributed by atoms with Crippen LogP contribution in [0.1, 0.15) is 58.6 Å². The van der Waals surface area contributed by atoms with Gasteiger partial charge < -0.3 is 15.6 Å². The normalized spacial score (nSPS) is 11.9. The molecule has 0 unspecified atom stereocenters. The van der Waals surface area contributed by atoms with Crippen molar-refractivity contribution < 1.29 is 9.59 Å². The molecule has 0 radical (unpaired) electrons. The Morgan fingerprint density at radius 3 is 2.50 bits per heavy atom. The molecule has 4 aromatic rings. The Balaban J connectivity index is 1.46. The topological polar surface area (TPSA) is 118 Å². The van der Waals surface area contributed by atoms with Gasteiger partial charge in [-0.3, -0.25) is 14.3 Å². The van der Waals surface area contributed by atoms with E-state index in [1.165, 1.54) is 11.3 Å². The lowest BCUT2D eigenvalue weighted by molar-refractivity contribution is -0.120. The molecule has 0 fully saturated rings. The average molecular weight is 506 g/mol. The fourth-order valence-electron chi connectivity index (χ4n) is 3.96. The standard InChI is InChI=1S/C26H31N7O2S/c1-17-28-16-23(36-17)26(35)31-21(7-5-4-6-8-24(34)27-2)25-29-15-22(30-25)19-11-9-18(10-12-19)20-13-14-33(3)32-20/h9-16,21H,4-8H2,1-3H3,(H,27,34)(H,29,30)(H,31,35)/t21-/m0/s1. The molecule has 0 bridgehead atoms. The van der Waals surface area contributed by atoms with E-state index < -0.39 is 0 Å². The SMILES string of the molecule is CNC(=O)CCCCC[C@H](NC(=O)c1cnc(C)s1)c1ncc(-c2ccc(-c3ccn(C)n3)cc2)[nH]1. The van der Waals surface area contributed by atoms with Gasteiger partial charge >= 0.3 is 0 Å². The second-order valence-corrected chi connectivity index (χ2v) is 9.91. The highest BCUT2D eigenvalue weighted by Crippen LogP contribution is 2.26. The lowest BCUT2D eigenvalue weighted by Gasteiger charge is -2.16. The number of hydrogen-bond donors (Lipinski definition) is 3. The van der Waals surface area contributed by atoms with Gasteiger partial charge in [0.1, 0.15) is 10.7 Å². The quantitative estimate of drug-likeness (QED) is 0.261. The Labute approximate surface area is 214 Å². The van der Waals surface area contributed by atoms with Gasteiger partial charge in [0, 0.05) is 32.3 Å². The van der Waals surface area contributed by atoms with Crippen LogP contribution >= 0.6 is 11.3 Å². The van der Waals surface area contributed by atoms with Gasteiger partial charge in [0.15, 0.2) is 0 Å². The first-order valence-corrected chi connectivity index (χ1v) is 12.8. The molecule has 10 heteroatoms. The number of aryl methyl sites for hydroxylation is 2. The van der Waals surface area contributed by atoms with E-state index in [2.05, 4.69) is 30.7 Å². The summed E-state index contributed by atoms with van der Waals surface area (Å²) in [6.45, 7) is 1.88. The van der Waals surface area contributed by atoms with E-state index in [0.717, 1.165) is 46.8 Å². The molecule has 0 saturated heterocycles. The van der Waals surface area contributed by atoms with Crippen molar-refractivity contribution in [2.45, 2.75) is 45.1 Å². The first-order valence-electron chi connectivity index (χ1n) is 12.0. The number of nitrogens with one attached hydrogen (secondary N) is 3. The van der Waals surface area contributed by atoms with Crippen LogP contribution in [-0.2, 0) is 11.8 Å². The number of carbonyl (C=O) groups is 2. The number of benzene rings is 1. The molecule has 9 nitrogen and oxygen atoms in total. The summed E-state index contributed by atoms with van der Waals surface area (Å²) in [6, 6.07) is 9.85. The molecule has 0 spiro atoms. The third kappa shape index (κ3) is 6.45. The van der Waals surface area contributed by atoms with E-state index in [4.69, 9.17) is 0 Å². The Bertz CT molecular complexity index is 1310. The number of aromatic nitrogens is 5. The molecule has 0 aliphatic rings. The zero-order valence-electron chi connectivity index (χ0n) is 20.7. The summed E-state index contributed by atoms with van der Waals surface area (Å²) in [5, 5.41) is 11.1. The highest BCUT2D eigenvalue weighted by molar-refractivity contribution is 7.13. The van der Waals surface area contributed by atoms with E-state index in [1.54, 1.807) is 24.1 Å². The predicted molar refractivity (Wildman–Crippen MR) is 140 cm³/mol. The number of carbonyl (C=O) groups excluding carboxylic acids is 2. The average Bonchev–Trinajstić information content (AvgIpc) is 3.64. The molecule has 0 saturated carbocycles. The largest absolute Gasteiger partial charge is 0.359 e. The Morgan fingerprint density at radius 2 is 1.83 bits per heavy atom. The number of aromatic amines is 1. The molecule has 2 amide bonds. The van der Waals surface area contributed by atoms with Crippen molar-refractivity contribution in [2.24, 2.45) is 7.05 Å². The molecule has 0 aliphatic heterocycles. The lowest BCUT2D eigenvalue weighted by atomic mass is 10.1. The summed E-state index contributed by atoms with van der Waals surface area (Å²) in [6.07, 6.45) is 9.10. The van der Waals surface area contributed by atoms with Gasteiger partial charge in [0.25, 0.3) is 5.91 Å². The van der Waals surface area contributed by atoms with Gasteiger partial charge in [-0.2, -0.15) is 5.10 Å². The summed E-state index contributed by atoms with van der Waals surface area (Å²) in [5.41, 5.74) is 3.85. The van der Waals surface area contributed by atoms with Crippen molar-refractivity contribution in [2.75, 3.05) is 7.05 Å². The van der Waals surface area contributed by atoms with Crippen LogP contribution in [-0.4, -0.2) is 43.6 Å². The van der Waals surface area contributed by atoms with Crippen LogP contribution in [0.15, 0.2) is 48.9 Å². The number of thiazole rings is 1. The molecule has 1 aromatic carbocycles. The first-order chi connectivity index (χ1) is 17.4. The highest BCUT2D eigenvalue weighted by atomic mass is 32.1. The van der Waals surface area contributed by atoms with Crippen molar-refractivity contribution in [1.82, 2.24) is 35.4 Å². The van der Waals surface area contributed by atoms with Gasteiger partial charge in [-0.15, -0.1) is 11.3 Å². The minimum atomic E-state index is -0.276. The number of rotatable bonds is 11. The molecular weight excluding hydrogens is 474 g/mol. The maximum absolute atomic E-state index is 12.9. The fourth-order valence-corrected chi connectivity index (χ4v) is 4.64. The summed E-state index contributed by atoms with van der Waals surface area (Å²) in [4.78, 5) is 37.1. The van der Waals surface area contributed by atoms with Gasteiger partial charge in [-0.05, 0) is 31.4 Å².